The Morgan fingerprint density at radius 2 is 1.34 bits per heavy atom. The maximum absolute atomic E-state index is 10.4. The lowest BCUT2D eigenvalue weighted by Gasteiger charge is -1.99. The van der Waals surface area contributed by atoms with Crippen LogP contribution in [0.15, 0.2) is 0 Å². The van der Waals surface area contributed by atoms with Gasteiger partial charge in [-0.25, -0.2) is 19.9 Å². The predicted octanol–water partition coefficient (Wildman–Crippen LogP) is 5.04. The normalized spacial score (nSPS) is 13.8. The number of aromatic nitrogens is 4. The highest BCUT2D eigenvalue weighted by Crippen LogP contribution is 2.26. The van der Waals surface area contributed by atoms with Crippen LogP contribution in [0.2, 0.25) is 20.9 Å². The first-order chi connectivity index (χ1) is 13.1. The number of aryl methyl sites for hydroxylation is 1. The Bertz CT molecular complexity index is 806. The minimum absolute atomic E-state index is 0. The van der Waals surface area contributed by atoms with E-state index in [-0.39, 0.29) is 18.0 Å². The summed E-state index contributed by atoms with van der Waals surface area (Å²) in [6.07, 6.45) is -2.61. The lowest BCUT2D eigenvalue weighted by molar-refractivity contribution is -0.156. The van der Waals surface area contributed by atoms with Crippen LogP contribution in [0.1, 0.15) is 36.4 Å². The van der Waals surface area contributed by atoms with Gasteiger partial charge in [-0.3, -0.25) is 4.79 Å². The van der Waals surface area contributed by atoms with Gasteiger partial charge in [0.05, 0.1) is 11.4 Å². The number of nitrogens with zero attached hydrogens (tertiary/aromatic N) is 4. The topological polar surface area (TPSA) is 80.7 Å². The zero-order valence-corrected chi connectivity index (χ0v) is 17.0. The number of carbonyl (C=O) groups excluding carboxylic acids is 1. The highest BCUT2D eigenvalue weighted by atomic mass is 35.5. The maximum Gasteiger partial charge on any atom is 0.446 e. The maximum atomic E-state index is 10.4. The van der Waals surface area contributed by atoms with Crippen molar-refractivity contribution >= 4 is 52.7 Å². The van der Waals surface area contributed by atoms with Crippen LogP contribution in [0.3, 0.4) is 0 Å². The summed E-state index contributed by atoms with van der Waals surface area (Å²) in [4.78, 5) is 24.5. The molecule has 2 aromatic rings. The molecule has 0 saturated carbocycles. The number of aldehydes is 1. The van der Waals surface area contributed by atoms with Gasteiger partial charge in [0.2, 0.25) is 16.9 Å². The van der Waals surface area contributed by atoms with Gasteiger partial charge in [-0.15, -0.1) is 0 Å². The number of rotatable bonds is 0. The highest BCUT2D eigenvalue weighted by molar-refractivity contribution is 6.32. The predicted molar refractivity (Wildman–Crippen MR) is 106 cm³/mol. The van der Waals surface area contributed by atoms with Crippen LogP contribution >= 0.6 is 46.4 Å². The average Bonchev–Trinajstić information content (AvgIpc) is 3.24. The lowest BCUT2D eigenvalue weighted by Crippen LogP contribution is -2.07. The number of carbonyl (C=O) groups is 1. The van der Waals surface area contributed by atoms with Crippen molar-refractivity contribution in [1.29, 1.82) is 0 Å². The van der Waals surface area contributed by atoms with E-state index in [1.165, 1.54) is 0 Å². The third-order valence-electron chi connectivity index (χ3n) is 3.60. The molecule has 0 spiro atoms. The van der Waals surface area contributed by atoms with Crippen molar-refractivity contribution in [2.45, 2.75) is 46.0 Å². The molecule has 0 fully saturated rings. The van der Waals surface area contributed by atoms with Crippen LogP contribution in [-0.4, -0.2) is 32.4 Å². The van der Waals surface area contributed by atoms with Gasteiger partial charge in [0.1, 0.15) is 10.3 Å². The van der Waals surface area contributed by atoms with Crippen molar-refractivity contribution in [3.05, 3.63) is 43.4 Å². The molecule has 0 saturated heterocycles. The fraction of sp³-hybridized carbons (Fsp3) is 0.438. The second kappa shape index (κ2) is 11.2. The minimum Gasteiger partial charge on any atom is -0.307 e. The quantitative estimate of drug-likeness (QED) is 0.315. The molecule has 1 N–H and O–H groups in total. The van der Waals surface area contributed by atoms with Gasteiger partial charge in [0, 0.05) is 24.2 Å². The molecule has 13 heteroatoms. The Hall–Kier alpha value is -1.26. The molecule has 1 aliphatic carbocycles. The third kappa shape index (κ3) is 7.82. The van der Waals surface area contributed by atoms with E-state index in [0.29, 0.717) is 10.3 Å². The van der Waals surface area contributed by atoms with Crippen molar-refractivity contribution < 1.29 is 18.0 Å². The first kappa shape index (κ1) is 25.8. The fourth-order valence-corrected chi connectivity index (χ4v) is 3.46. The van der Waals surface area contributed by atoms with Crippen LogP contribution in [0.25, 0.3) is 0 Å². The molecule has 1 aliphatic heterocycles. The highest BCUT2D eigenvalue weighted by Gasteiger charge is 2.25. The van der Waals surface area contributed by atoms with Gasteiger partial charge in [0.15, 0.2) is 0 Å². The van der Waals surface area contributed by atoms with Gasteiger partial charge in [-0.1, -0.05) is 30.6 Å². The summed E-state index contributed by atoms with van der Waals surface area (Å²) in [5.41, 5.74) is 3.98. The van der Waals surface area contributed by atoms with Crippen LogP contribution < -0.4 is 5.32 Å². The summed E-state index contributed by atoms with van der Waals surface area (Å²) in [5.74, 6) is 0. The molecule has 0 amide bonds. The van der Waals surface area contributed by atoms with Crippen molar-refractivity contribution in [1.82, 2.24) is 25.3 Å². The molecule has 2 aliphatic rings. The average molecular weight is 493 g/mol. The van der Waals surface area contributed by atoms with E-state index in [0.717, 1.165) is 54.9 Å². The standard InChI is InChI=1S/C7H6Cl2N2.C6H5Cl2N3.C2HF3O.CH4/c8-6-4-2-1-3-5(4)10-7(9)11-6;7-5-3-1-9-2-4(3)10-6(8)11-5;3-2(4,5)1-6;/h1-3H2;9H,1-2H2;1H;1H4. The number of alkyl halides is 3. The summed E-state index contributed by atoms with van der Waals surface area (Å²) in [6.45, 7) is 1.47. The summed E-state index contributed by atoms with van der Waals surface area (Å²) in [5, 5.41) is 4.58. The van der Waals surface area contributed by atoms with Gasteiger partial charge in [0.25, 0.3) is 0 Å². The van der Waals surface area contributed by atoms with Crippen LogP contribution in [0.4, 0.5) is 13.2 Å². The molecule has 0 atom stereocenters. The van der Waals surface area contributed by atoms with Crippen molar-refractivity contribution in [3.63, 3.8) is 0 Å². The molecule has 6 nitrogen and oxygen atoms in total. The molecule has 2 aromatic heterocycles. The number of hydrogen-bond donors (Lipinski definition) is 1. The SMILES string of the molecule is C.Clc1nc(Cl)c2c(n1)CCC2.Clc1nc(Cl)c2c(n1)CNC2.O=CC(F)(F)F. The number of nitrogens with one attached hydrogen (secondary N) is 1. The van der Waals surface area contributed by atoms with E-state index in [2.05, 4.69) is 25.3 Å². The molecule has 0 bridgehead atoms. The van der Waals surface area contributed by atoms with E-state index < -0.39 is 12.5 Å². The molecule has 29 heavy (non-hydrogen) atoms. The summed E-state index contributed by atoms with van der Waals surface area (Å²) >= 11 is 22.9. The molecule has 3 heterocycles. The Morgan fingerprint density at radius 3 is 1.90 bits per heavy atom. The van der Waals surface area contributed by atoms with Gasteiger partial charge in [-0.05, 0) is 42.5 Å². The zero-order chi connectivity index (χ0) is 20.9. The first-order valence-corrected chi connectivity index (χ1v) is 9.27. The summed E-state index contributed by atoms with van der Waals surface area (Å²) in [6, 6.07) is 0. The van der Waals surface area contributed by atoms with Crippen LogP contribution in [0.5, 0.6) is 0 Å². The zero-order valence-electron chi connectivity index (χ0n) is 14.0. The van der Waals surface area contributed by atoms with Crippen molar-refractivity contribution in [3.8, 4) is 0 Å². The largest absolute Gasteiger partial charge is 0.446 e. The van der Waals surface area contributed by atoms with Crippen molar-refractivity contribution in [2.24, 2.45) is 0 Å². The van der Waals surface area contributed by atoms with E-state index in [9.17, 15) is 13.2 Å². The van der Waals surface area contributed by atoms with Gasteiger partial charge in [-0.2, -0.15) is 13.2 Å². The Morgan fingerprint density at radius 1 is 0.828 bits per heavy atom. The number of hydrogen-bond acceptors (Lipinski definition) is 6. The van der Waals surface area contributed by atoms with E-state index >= 15 is 0 Å². The van der Waals surface area contributed by atoms with Gasteiger partial charge < -0.3 is 5.32 Å². The second-order valence-electron chi connectivity index (χ2n) is 5.53. The summed E-state index contributed by atoms with van der Waals surface area (Å²) in [7, 11) is 0. The molecule has 0 unspecified atom stereocenters. The Balaban J connectivity index is 0.000000225. The lowest BCUT2D eigenvalue weighted by atomic mass is 10.3. The van der Waals surface area contributed by atoms with Gasteiger partial charge >= 0.3 is 6.18 Å². The minimum atomic E-state index is -4.64. The van der Waals surface area contributed by atoms with Crippen LogP contribution in [-0.2, 0) is 30.7 Å². The summed E-state index contributed by atoms with van der Waals surface area (Å²) < 4.78 is 31.2. The monoisotopic (exact) mass is 491 g/mol. The molecular weight excluding hydrogens is 477 g/mol. The third-order valence-corrected chi connectivity index (χ3v) is 4.56. The van der Waals surface area contributed by atoms with Crippen molar-refractivity contribution in [2.75, 3.05) is 0 Å². The fourth-order valence-electron chi connectivity index (χ4n) is 2.46. The molecule has 0 aromatic carbocycles. The Kier molecular flexibility index (Phi) is 9.97. The number of halogens is 7. The number of fused-ring (bicyclic) bond motifs is 2. The molecule has 4 rings (SSSR count). The van der Waals surface area contributed by atoms with Crippen LogP contribution in [0, 0.1) is 0 Å². The second-order valence-corrected chi connectivity index (χ2v) is 6.93. The Labute approximate surface area is 185 Å². The first-order valence-electron chi connectivity index (χ1n) is 7.76. The molecular formula is C16H16Cl4F3N5O. The van der Waals surface area contributed by atoms with E-state index in [1.807, 2.05) is 0 Å². The molecule has 0 radical (unpaired) electrons. The smallest absolute Gasteiger partial charge is 0.307 e. The van der Waals surface area contributed by atoms with E-state index in [1.54, 1.807) is 0 Å². The molecule has 160 valence electrons. The van der Waals surface area contributed by atoms with E-state index in [4.69, 9.17) is 51.2 Å².